The molecule has 2 unspecified atom stereocenters. The number of hydrogen-bond donors (Lipinski definition) is 3. The van der Waals surface area contributed by atoms with Crippen molar-refractivity contribution in [1.29, 1.82) is 0 Å². The second-order valence-electron chi connectivity index (χ2n) is 7.31. The monoisotopic (exact) mass is 502 g/mol. The Morgan fingerprint density at radius 3 is 2.00 bits per heavy atom. The van der Waals surface area contributed by atoms with Crippen molar-refractivity contribution in [3.05, 3.63) is 0 Å². The van der Waals surface area contributed by atoms with E-state index in [0.717, 1.165) is 74.9 Å². The fraction of sp³-hybridized carbons (Fsp3) is 0.900. The zero-order chi connectivity index (χ0) is 23.5. The van der Waals surface area contributed by atoms with Gasteiger partial charge in [0.05, 0.1) is 19.8 Å². The summed E-state index contributed by atoms with van der Waals surface area (Å²) in [6.45, 7) is 2.79. The van der Waals surface area contributed by atoms with E-state index >= 15 is 0 Å². The average Bonchev–Trinajstić information content (AvgIpc) is 2.74. The van der Waals surface area contributed by atoms with Crippen LogP contribution in [0.25, 0.3) is 0 Å². The van der Waals surface area contributed by atoms with Crippen LogP contribution in [-0.4, -0.2) is 62.3 Å². The van der Waals surface area contributed by atoms with Crippen LogP contribution in [0.1, 0.15) is 78.1 Å². The van der Waals surface area contributed by atoms with Gasteiger partial charge in [-0.2, -0.15) is 0 Å². The zero-order valence-corrected chi connectivity index (χ0v) is 21.2. The summed E-state index contributed by atoms with van der Waals surface area (Å²) in [6, 6.07) is 0. The quantitative estimate of drug-likeness (QED) is 0.164. The fourth-order valence-corrected chi connectivity index (χ4v) is 5.37. The van der Waals surface area contributed by atoms with E-state index in [-0.39, 0.29) is 22.6 Å². The molecule has 0 aromatic carbocycles. The summed E-state index contributed by atoms with van der Waals surface area (Å²) in [7, 11) is -4.45. The number of carbonyl (C=O) groups is 2. The lowest BCUT2D eigenvalue weighted by molar-refractivity contribution is -0.112. The second kappa shape index (κ2) is 19.5. The van der Waals surface area contributed by atoms with Gasteiger partial charge in [-0.1, -0.05) is 75.9 Å². The van der Waals surface area contributed by atoms with E-state index in [1.165, 1.54) is 0 Å². The summed E-state index contributed by atoms with van der Waals surface area (Å²) in [5.74, 6) is 0.289. The number of carbonyl (C=O) groups excluding carboxylic acids is 2. The van der Waals surface area contributed by atoms with Crippen molar-refractivity contribution in [2.75, 3.05) is 25.6 Å². The topological polar surface area (TPSA) is 130 Å². The van der Waals surface area contributed by atoms with Crippen molar-refractivity contribution in [2.45, 2.75) is 89.4 Å². The van der Waals surface area contributed by atoms with Gasteiger partial charge in [0, 0.05) is 23.8 Å². The van der Waals surface area contributed by atoms with Crippen molar-refractivity contribution < 1.29 is 38.3 Å². The van der Waals surface area contributed by atoms with Gasteiger partial charge in [0.1, 0.15) is 6.10 Å². The van der Waals surface area contributed by atoms with Gasteiger partial charge < -0.3 is 15.1 Å². The van der Waals surface area contributed by atoms with Gasteiger partial charge in [0.25, 0.3) is 0 Å². The molecule has 0 amide bonds. The van der Waals surface area contributed by atoms with Crippen LogP contribution in [0, 0.1) is 0 Å². The van der Waals surface area contributed by atoms with Gasteiger partial charge in [0.15, 0.2) is 10.2 Å². The lowest BCUT2D eigenvalue weighted by Gasteiger charge is -2.18. The van der Waals surface area contributed by atoms with E-state index in [9.17, 15) is 24.2 Å². The zero-order valence-electron chi connectivity index (χ0n) is 18.7. The highest BCUT2D eigenvalue weighted by Gasteiger charge is 2.26. The standard InChI is InChI=1S/C20H39O8PS2/c1-3-5-7-9-11-19(23)30-16-18(31-20(24)12-10-8-6-4-2)15-28-29(25,26)27-14-17(22)13-21/h17-18,21-22H,3-16H2,1-2H3,(H,25,26)/t17?,18-/m0/s1. The summed E-state index contributed by atoms with van der Waals surface area (Å²) in [5, 5.41) is 17.5. The number of phosphoric ester groups is 1. The third-order valence-corrected chi connectivity index (χ3v) is 7.62. The molecule has 0 heterocycles. The largest absolute Gasteiger partial charge is 0.472 e. The molecule has 0 bridgehead atoms. The molecule has 184 valence electrons. The molecule has 0 aromatic heterocycles. The Bertz CT molecular complexity index is 535. The molecular formula is C20H39O8PS2. The van der Waals surface area contributed by atoms with Crippen LogP contribution >= 0.6 is 31.3 Å². The minimum absolute atomic E-state index is 0.0339. The van der Waals surface area contributed by atoms with Gasteiger partial charge in [-0.3, -0.25) is 18.6 Å². The van der Waals surface area contributed by atoms with E-state index in [4.69, 9.17) is 9.63 Å². The smallest absolute Gasteiger partial charge is 0.394 e. The van der Waals surface area contributed by atoms with E-state index in [1.54, 1.807) is 0 Å². The Morgan fingerprint density at radius 1 is 0.903 bits per heavy atom. The third-order valence-electron chi connectivity index (χ3n) is 4.26. The van der Waals surface area contributed by atoms with Gasteiger partial charge in [-0.15, -0.1) is 0 Å². The molecule has 3 N–H and O–H groups in total. The Balaban J connectivity index is 4.61. The van der Waals surface area contributed by atoms with Gasteiger partial charge in [-0.25, -0.2) is 4.57 Å². The molecule has 0 aromatic rings. The first kappa shape index (κ1) is 31.1. The maximum Gasteiger partial charge on any atom is 0.472 e. The molecule has 0 saturated carbocycles. The average molecular weight is 503 g/mol. The second-order valence-corrected chi connectivity index (χ2v) is 11.2. The summed E-state index contributed by atoms with van der Waals surface area (Å²) in [5.41, 5.74) is 0. The normalized spacial score (nSPS) is 15.4. The molecule has 0 saturated heterocycles. The highest BCUT2D eigenvalue weighted by molar-refractivity contribution is 8.17. The maximum absolute atomic E-state index is 12.3. The fourth-order valence-electron chi connectivity index (χ4n) is 2.46. The van der Waals surface area contributed by atoms with Crippen LogP contribution < -0.4 is 0 Å². The highest BCUT2D eigenvalue weighted by Crippen LogP contribution is 2.44. The number of phosphoric acid groups is 1. The number of hydrogen-bond acceptors (Lipinski definition) is 9. The summed E-state index contributed by atoms with van der Waals surface area (Å²) in [6.07, 6.45) is 7.51. The lowest BCUT2D eigenvalue weighted by atomic mass is 10.2. The number of aliphatic hydroxyl groups excluding tert-OH is 2. The van der Waals surface area contributed by atoms with Gasteiger partial charge in [-0.05, 0) is 12.8 Å². The lowest BCUT2D eigenvalue weighted by Crippen LogP contribution is -2.21. The number of rotatable bonds is 20. The Kier molecular flexibility index (Phi) is 19.6. The first-order valence-corrected chi connectivity index (χ1v) is 14.4. The molecule has 31 heavy (non-hydrogen) atoms. The molecule has 0 aliphatic rings. The molecule has 0 rings (SSSR count). The Labute approximate surface area is 194 Å². The van der Waals surface area contributed by atoms with E-state index in [1.807, 2.05) is 0 Å². The van der Waals surface area contributed by atoms with Crippen molar-refractivity contribution in [3.8, 4) is 0 Å². The third kappa shape index (κ3) is 19.3. The van der Waals surface area contributed by atoms with Crippen LogP contribution in [0.4, 0.5) is 0 Å². The first-order valence-electron chi connectivity index (χ1n) is 11.0. The van der Waals surface area contributed by atoms with Crippen molar-refractivity contribution in [3.63, 3.8) is 0 Å². The highest BCUT2D eigenvalue weighted by atomic mass is 32.2. The van der Waals surface area contributed by atoms with E-state index in [0.29, 0.717) is 12.8 Å². The van der Waals surface area contributed by atoms with E-state index < -0.39 is 32.4 Å². The van der Waals surface area contributed by atoms with Crippen molar-refractivity contribution >= 4 is 41.6 Å². The molecular weight excluding hydrogens is 463 g/mol. The number of thioether (sulfide) groups is 2. The SMILES string of the molecule is CCCCCCC(=O)SC[C@H](COP(=O)(O)OCC(O)CO)SC(=O)CCCCCC. The van der Waals surface area contributed by atoms with Gasteiger partial charge >= 0.3 is 7.82 Å². The Morgan fingerprint density at radius 2 is 1.45 bits per heavy atom. The van der Waals surface area contributed by atoms with Crippen molar-refractivity contribution in [2.24, 2.45) is 0 Å². The molecule has 8 nitrogen and oxygen atoms in total. The molecule has 0 aliphatic carbocycles. The molecule has 0 aliphatic heterocycles. The summed E-state index contributed by atoms with van der Waals surface area (Å²) in [4.78, 5) is 34.1. The van der Waals surface area contributed by atoms with Gasteiger partial charge in [0.2, 0.25) is 0 Å². The first-order chi connectivity index (χ1) is 14.7. The molecule has 0 fully saturated rings. The van der Waals surface area contributed by atoms with Crippen LogP contribution in [0.15, 0.2) is 0 Å². The molecule has 0 radical (unpaired) electrons. The van der Waals surface area contributed by atoms with Crippen molar-refractivity contribution in [1.82, 2.24) is 0 Å². The predicted molar refractivity (Wildman–Crippen MR) is 126 cm³/mol. The maximum atomic E-state index is 12.3. The van der Waals surface area contributed by atoms with Crippen LogP contribution in [0.2, 0.25) is 0 Å². The minimum Gasteiger partial charge on any atom is -0.394 e. The van der Waals surface area contributed by atoms with Crippen LogP contribution in [0.3, 0.4) is 0 Å². The summed E-state index contributed by atoms with van der Waals surface area (Å²) < 4.78 is 21.6. The minimum atomic E-state index is -4.45. The Hall–Kier alpha value is 0.0700. The predicted octanol–water partition coefficient (Wildman–Crippen LogP) is 4.30. The number of aliphatic hydroxyl groups is 2. The molecule has 0 spiro atoms. The molecule has 11 heteroatoms. The molecule has 3 atom stereocenters. The van der Waals surface area contributed by atoms with Crippen LogP contribution in [0.5, 0.6) is 0 Å². The van der Waals surface area contributed by atoms with E-state index in [2.05, 4.69) is 18.4 Å². The van der Waals surface area contributed by atoms with Crippen LogP contribution in [-0.2, 0) is 23.2 Å². The summed E-state index contributed by atoms with van der Waals surface area (Å²) >= 11 is 2.14. The number of unbranched alkanes of at least 4 members (excludes halogenated alkanes) is 6.